The first-order chi connectivity index (χ1) is 12.7. The Balaban J connectivity index is 1.73. The van der Waals surface area contributed by atoms with Crippen LogP contribution in [0.3, 0.4) is 0 Å². The zero-order valence-electron chi connectivity index (χ0n) is 13.9. The van der Waals surface area contributed by atoms with E-state index in [2.05, 4.69) is 25.4 Å². The van der Waals surface area contributed by atoms with Gasteiger partial charge in [-0.05, 0) is 24.5 Å². The Bertz CT molecular complexity index is 1100. The van der Waals surface area contributed by atoms with Gasteiger partial charge in [0, 0.05) is 36.0 Å². The van der Waals surface area contributed by atoms with E-state index < -0.39 is 22.0 Å². The summed E-state index contributed by atoms with van der Waals surface area (Å²) in [7, 11) is -4.43. The lowest BCUT2D eigenvalue weighted by Crippen LogP contribution is -2.43. The fourth-order valence-corrected chi connectivity index (χ4v) is 4.94. The number of aromatic amines is 1. The summed E-state index contributed by atoms with van der Waals surface area (Å²) in [6, 6.07) is 1.80. The van der Waals surface area contributed by atoms with Gasteiger partial charge >= 0.3 is 6.18 Å². The first-order valence-electron chi connectivity index (χ1n) is 8.24. The van der Waals surface area contributed by atoms with E-state index in [1.54, 1.807) is 12.3 Å². The van der Waals surface area contributed by atoms with Gasteiger partial charge in [-0.15, -0.1) is 15.3 Å². The number of nitrogens with zero attached hydrogens (tertiary/aromatic N) is 5. The average Bonchev–Trinajstić information content (AvgIpc) is 3.08. The van der Waals surface area contributed by atoms with Crippen LogP contribution in [0.15, 0.2) is 18.5 Å². The number of aromatic nitrogens is 5. The van der Waals surface area contributed by atoms with Crippen molar-refractivity contribution in [2.45, 2.75) is 24.9 Å². The third kappa shape index (κ3) is 3.46. The van der Waals surface area contributed by atoms with Crippen molar-refractivity contribution in [1.29, 1.82) is 0 Å². The summed E-state index contributed by atoms with van der Waals surface area (Å²) >= 11 is 0. The molecular formula is C15H15F3N6O2S. The molecule has 1 saturated heterocycles. The van der Waals surface area contributed by atoms with Crippen LogP contribution in [0.2, 0.25) is 0 Å². The van der Waals surface area contributed by atoms with Gasteiger partial charge in [0.15, 0.2) is 11.4 Å². The molecule has 1 fully saturated rings. The standard InChI is InChI=1S/C15H15F3N6O2S/c16-15(17,18)8-27(25,26)24-5-1-2-9(7-24)11-6-20-21-14-12(11)10-3-4-19-13(10)22-23-14/h3-4,6,9H,1-2,5,7-8H2,(H,19,22). The van der Waals surface area contributed by atoms with Crippen molar-refractivity contribution >= 4 is 32.1 Å². The normalized spacial score (nSPS) is 19.7. The Labute approximate surface area is 151 Å². The molecule has 0 saturated carbocycles. The second-order valence-corrected chi connectivity index (χ2v) is 8.48. The van der Waals surface area contributed by atoms with E-state index in [-0.39, 0.29) is 19.0 Å². The molecule has 0 aliphatic carbocycles. The predicted molar refractivity (Wildman–Crippen MR) is 90.4 cm³/mol. The maximum Gasteiger partial charge on any atom is 0.404 e. The summed E-state index contributed by atoms with van der Waals surface area (Å²) in [6.45, 7) is 0.0399. The van der Waals surface area contributed by atoms with Crippen LogP contribution in [0.4, 0.5) is 13.2 Å². The highest BCUT2D eigenvalue weighted by molar-refractivity contribution is 7.89. The van der Waals surface area contributed by atoms with Crippen molar-refractivity contribution in [3.63, 3.8) is 0 Å². The summed E-state index contributed by atoms with van der Waals surface area (Å²) in [5, 5.41) is 17.4. The van der Waals surface area contributed by atoms with E-state index in [1.165, 1.54) is 6.20 Å². The number of fused-ring (bicyclic) bond motifs is 3. The summed E-state index contributed by atoms with van der Waals surface area (Å²) in [5.41, 5.74) is 1.58. The average molecular weight is 400 g/mol. The number of H-pyrrole nitrogens is 1. The number of nitrogens with one attached hydrogen (secondary N) is 1. The van der Waals surface area contributed by atoms with Gasteiger partial charge in [0.1, 0.15) is 0 Å². The number of hydrogen-bond acceptors (Lipinski definition) is 6. The van der Waals surface area contributed by atoms with Gasteiger partial charge in [-0.25, -0.2) is 12.7 Å². The predicted octanol–water partition coefficient (Wildman–Crippen LogP) is 1.97. The molecule has 1 unspecified atom stereocenters. The topological polar surface area (TPSA) is 105 Å². The van der Waals surface area contributed by atoms with Gasteiger partial charge in [-0.3, -0.25) is 0 Å². The zero-order valence-corrected chi connectivity index (χ0v) is 14.8. The quantitative estimate of drug-likeness (QED) is 0.721. The van der Waals surface area contributed by atoms with E-state index >= 15 is 0 Å². The van der Waals surface area contributed by atoms with Gasteiger partial charge in [0.2, 0.25) is 15.7 Å². The molecular weight excluding hydrogens is 385 g/mol. The van der Waals surface area contributed by atoms with Gasteiger partial charge in [-0.2, -0.15) is 18.3 Å². The highest BCUT2D eigenvalue weighted by Gasteiger charge is 2.40. The maximum absolute atomic E-state index is 12.6. The highest BCUT2D eigenvalue weighted by Crippen LogP contribution is 2.34. The number of rotatable bonds is 3. The lowest BCUT2D eigenvalue weighted by Gasteiger charge is -2.32. The second-order valence-electron chi connectivity index (χ2n) is 6.51. The van der Waals surface area contributed by atoms with Crippen LogP contribution in [0.5, 0.6) is 0 Å². The third-order valence-electron chi connectivity index (χ3n) is 4.66. The molecule has 0 radical (unpaired) electrons. The molecule has 12 heteroatoms. The molecule has 0 aromatic carbocycles. The van der Waals surface area contributed by atoms with Crippen molar-refractivity contribution in [2.75, 3.05) is 18.8 Å². The molecule has 4 heterocycles. The van der Waals surface area contributed by atoms with Crippen molar-refractivity contribution < 1.29 is 21.6 Å². The lowest BCUT2D eigenvalue weighted by atomic mass is 9.90. The highest BCUT2D eigenvalue weighted by atomic mass is 32.2. The largest absolute Gasteiger partial charge is 0.404 e. The lowest BCUT2D eigenvalue weighted by molar-refractivity contribution is -0.107. The molecule has 0 amide bonds. The maximum atomic E-state index is 12.6. The summed E-state index contributed by atoms with van der Waals surface area (Å²) in [5.74, 6) is -2.16. The van der Waals surface area contributed by atoms with Crippen LogP contribution in [0.1, 0.15) is 24.3 Å². The van der Waals surface area contributed by atoms with E-state index in [0.717, 1.165) is 9.69 Å². The van der Waals surface area contributed by atoms with E-state index in [4.69, 9.17) is 0 Å². The molecule has 144 valence electrons. The van der Waals surface area contributed by atoms with Crippen LogP contribution in [-0.4, -0.2) is 63.1 Å². The van der Waals surface area contributed by atoms with Crippen LogP contribution in [0, 0.1) is 0 Å². The van der Waals surface area contributed by atoms with Crippen LogP contribution >= 0.6 is 0 Å². The Morgan fingerprint density at radius 3 is 2.85 bits per heavy atom. The van der Waals surface area contributed by atoms with E-state index in [0.29, 0.717) is 35.1 Å². The molecule has 3 aromatic rings. The van der Waals surface area contributed by atoms with E-state index in [9.17, 15) is 21.6 Å². The van der Waals surface area contributed by atoms with Crippen LogP contribution < -0.4 is 0 Å². The zero-order chi connectivity index (χ0) is 19.2. The fraction of sp³-hybridized carbons (Fsp3) is 0.467. The Kier molecular flexibility index (Phi) is 4.26. The Morgan fingerprint density at radius 1 is 1.26 bits per heavy atom. The van der Waals surface area contributed by atoms with Gasteiger partial charge in [-0.1, -0.05) is 0 Å². The first-order valence-corrected chi connectivity index (χ1v) is 9.85. The molecule has 1 atom stereocenters. The van der Waals surface area contributed by atoms with Crippen molar-refractivity contribution in [3.8, 4) is 0 Å². The molecule has 4 rings (SSSR count). The monoisotopic (exact) mass is 400 g/mol. The molecule has 1 aliphatic heterocycles. The number of piperidine rings is 1. The van der Waals surface area contributed by atoms with Crippen LogP contribution in [0.25, 0.3) is 22.1 Å². The number of hydrogen-bond donors (Lipinski definition) is 1. The van der Waals surface area contributed by atoms with E-state index in [1.807, 2.05) is 0 Å². The molecule has 1 N–H and O–H groups in total. The minimum absolute atomic E-state index is 0.0343. The van der Waals surface area contributed by atoms with Crippen molar-refractivity contribution in [1.82, 2.24) is 29.7 Å². The van der Waals surface area contributed by atoms with Crippen LogP contribution in [-0.2, 0) is 10.0 Å². The van der Waals surface area contributed by atoms with Crippen molar-refractivity contribution in [2.24, 2.45) is 0 Å². The molecule has 0 bridgehead atoms. The molecule has 3 aromatic heterocycles. The number of sulfonamides is 1. The third-order valence-corrected chi connectivity index (χ3v) is 6.47. The molecule has 8 nitrogen and oxygen atoms in total. The summed E-state index contributed by atoms with van der Waals surface area (Å²) in [6.07, 6.45) is -0.456. The van der Waals surface area contributed by atoms with Crippen molar-refractivity contribution in [3.05, 3.63) is 24.0 Å². The summed E-state index contributed by atoms with van der Waals surface area (Å²) in [4.78, 5) is 2.95. The smallest absolute Gasteiger partial charge is 0.345 e. The van der Waals surface area contributed by atoms with Gasteiger partial charge in [0.25, 0.3) is 0 Å². The number of halogens is 3. The second kappa shape index (κ2) is 6.37. The minimum atomic E-state index is -4.77. The fourth-order valence-electron chi connectivity index (χ4n) is 3.53. The first kappa shape index (κ1) is 18.0. The molecule has 27 heavy (non-hydrogen) atoms. The number of alkyl halides is 3. The SMILES string of the molecule is O=S(=O)(CC(F)(F)F)N1CCCC(c2cnnc3nnc4[nH]ccc4c23)C1. The van der Waals surface area contributed by atoms with Gasteiger partial charge < -0.3 is 4.98 Å². The Morgan fingerprint density at radius 2 is 2.07 bits per heavy atom. The minimum Gasteiger partial charge on any atom is -0.345 e. The Hall–Kier alpha value is -2.34. The molecule has 0 spiro atoms. The molecule has 1 aliphatic rings. The summed E-state index contributed by atoms with van der Waals surface area (Å²) < 4.78 is 63.1. The van der Waals surface area contributed by atoms with Gasteiger partial charge in [0.05, 0.1) is 6.20 Å².